The zero-order chi connectivity index (χ0) is 16.0. The highest BCUT2D eigenvalue weighted by Gasteiger charge is 2.22. The number of ether oxygens (including phenoxy) is 2. The molecule has 0 radical (unpaired) electrons. The standard InChI is InChI=1S/C15H20FNO4/c1-10(14(19)21-15(2,3)4)17-13(18)9-20-12-7-5-11(16)6-8-12/h5-8,10H,9H2,1-4H3,(H,17,18)/t10-/m0/s1. The molecule has 21 heavy (non-hydrogen) atoms. The molecule has 1 aromatic carbocycles. The number of halogens is 1. The molecule has 0 spiro atoms. The Labute approximate surface area is 123 Å². The first-order chi connectivity index (χ1) is 9.67. The number of carbonyl (C=O) groups is 2. The quantitative estimate of drug-likeness (QED) is 0.845. The maximum absolute atomic E-state index is 12.7. The van der Waals surface area contributed by atoms with Crippen LogP contribution in [0.15, 0.2) is 24.3 Å². The third-order valence-corrected chi connectivity index (χ3v) is 2.32. The second-order valence-corrected chi connectivity index (χ2v) is 5.57. The molecule has 0 heterocycles. The molecule has 1 amide bonds. The van der Waals surface area contributed by atoms with Gasteiger partial charge in [0.2, 0.25) is 0 Å². The van der Waals surface area contributed by atoms with Gasteiger partial charge in [0.25, 0.3) is 5.91 Å². The molecule has 6 heteroatoms. The first-order valence-electron chi connectivity index (χ1n) is 6.58. The van der Waals surface area contributed by atoms with Gasteiger partial charge in [0, 0.05) is 0 Å². The monoisotopic (exact) mass is 297 g/mol. The fourth-order valence-corrected chi connectivity index (χ4v) is 1.41. The lowest BCUT2D eigenvalue weighted by atomic mass is 10.2. The van der Waals surface area contributed by atoms with Crippen molar-refractivity contribution in [1.29, 1.82) is 0 Å². The van der Waals surface area contributed by atoms with E-state index in [1.165, 1.54) is 31.2 Å². The predicted molar refractivity (Wildman–Crippen MR) is 75.3 cm³/mol. The molecule has 0 aliphatic rings. The molecule has 1 N–H and O–H groups in total. The molecule has 0 saturated carbocycles. The summed E-state index contributed by atoms with van der Waals surface area (Å²) < 4.78 is 23.0. The predicted octanol–water partition coefficient (Wildman–Crippen LogP) is 2.05. The van der Waals surface area contributed by atoms with Crippen LogP contribution in [0.25, 0.3) is 0 Å². The van der Waals surface area contributed by atoms with Gasteiger partial charge in [-0.05, 0) is 52.0 Å². The maximum atomic E-state index is 12.7. The summed E-state index contributed by atoms with van der Waals surface area (Å²) in [7, 11) is 0. The van der Waals surface area contributed by atoms with Gasteiger partial charge >= 0.3 is 5.97 Å². The van der Waals surface area contributed by atoms with Gasteiger partial charge in [-0.2, -0.15) is 0 Å². The third kappa shape index (κ3) is 6.74. The molecular formula is C15H20FNO4. The molecule has 1 aromatic rings. The number of hydrogen-bond donors (Lipinski definition) is 1. The Morgan fingerprint density at radius 2 is 1.81 bits per heavy atom. The van der Waals surface area contributed by atoms with Crippen molar-refractivity contribution in [1.82, 2.24) is 5.32 Å². The van der Waals surface area contributed by atoms with E-state index in [9.17, 15) is 14.0 Å². The highest BCUT2D eigenvalue weighted by molar-refractivity contribution is 5.85. The van der Waals surface area contributed by atoms with Gasteiger partial charge in [-0.15, -0.1) is 0 Å². The summed E-state index contributed by atoms with van der Waals surface area (Å²) in [5.41, 5.74) is -0.610. The van der Waals surface area contributed by atoms with Gasteiger partial charge in [0.1, 0.15) is 23.2 Å². The highest BCUT2D eigenvalue weighted by atomic mass is 19.1. The normalized spacial score (nSPS) is 12.4. The fraction of sp³-hybridized carbons (Fsp3) is 0.467. The van der Waals surface area contributed by atoms with E-state index in [2.05, 4.69) is 5.32 Å². The van der Waals surface area contributed by atoms with Crippen LogP contribution in [0.3, 0.4) is 0 Å². The van der Waals surface area contributed by atoms with Gasteiger partial charge in [0.15, 0.2) is 6.61 Å². The van der Waals surface area contributed by atoms with Gasteiger partial charge in [-0.3, -0.25) is 4.79 Å². The summed E-state index contributed by atoms with van der Waals surface area (Å²) in [6, 6.07) is 4.53. The molecular weight excluding hydrogens is 277 g/mol. The van der Waals surface area contributed by atoms with Crippen LogP contribution < -0.4 is 10.1 Å². The lowest BCUT2D eigenvalue weighted by molar-refractivity contribution is -0.158. The molecule has 0 aliphatic carbocycles. The summed E-state index contributed by atoms with van der Waals surface area (Å²) in [6.45, 7) is 6.51. The minimum absolute atomic E-state index is 0.265. The Hall–Kier alpha value is -2.11. The number of hydrogen-bond acceptors (Lipinski definition) is 4. The largest absolute Gasteiger partial charge is 0.484 e. The maximum Gasteiger partial charge on any atom is 0.328 e. The fourth-order valence-electron chi connectivity index (χ4n) is 1.41. The number of rotatable bonds is 5. The first-order valence-corrected chi connectivity index (χ1v) is 6.58. The second-order valence-electron chi connectivity index (χ2n) is 5.57. The Morgan fingerprint density at radius 1 is 1.24 bits per heavy atom. The van der Waals surface area contributed by atoms with Crippen LogP contribution >= 0.6 is 0 Å². The molecule has 0 aromatic heterocycles. The van der Waals surface area contributed by atoms with Crippen molar-refractivity contribution in [2.75, 3.05) is 6.61 Å². The lowest BCUT2D eigenvalue weighted by Crippen LogP contribution is -2.43. The molecule has 0 aliphatic heterocycles. The van der Waals surface area contributed by atoms with Crippen LogP contribution in [0.5, 0.6) is 5.75 Å². The number of carbonyl (C=O) groups excluding carboxylic acids is 2. The van der Waals surface area contributed by atoms with Crippen molar-refractivity contribution in [2.45, 2.75) is 39.3 Å². The van der Waals surface area contributed by atoms with E-state index in [4.69, 9.17) is 9.47 Å². The number of esters is 1. The molecule has 0 bridgehead atoms. The van der Waals surface area contributed by atoms with Crippen LogP contribution in [0.1, 0.15) is 27.7 Å². The molecule has 1 atom stereocenters. The SMILES string of the molecule is C[C@H](NC(=O)COc1ccc(F)cc1)C(=O)OC(C)(C)C. The summed E-state index contributed by atoms with van der Waals surface area (Å²) >= 11 is 0. The van der Waals surface area contributed by atoms with Crippen molar-refractivity contribution in [2.24, 2.45) is 0 Å². The average Bonchev–Trinajstić information content (AvgIpc) is 2.36. The number of amides is 1. The smallest absolute Gasteiger partial charge is 0.328 e. The van der Waals surface area contributed by atoms with Crippen LogP contribution in [0.4, 0.5) is 4.39 Å². The van der Waals surface area contributed by atoms with Gasteiger partial charge in [0.05, 0.1) is 0 Å². The molecule has 5 nitrogen and oxygen atoms in total. The topological polar surface area (TPSA) is 64.6 Å². The second kappa shape index (κ2) is 7.06. The van der Waals surface area contributed by atoms with Crippen LogP contribution in [0.2, 0.25) is 0 Å². The first kappa shape index (κ1) is 16.9. The molecule has 0 fully saturated rings. The van der Waals surface area contributed by atoms with E-state index in [0.29, 0.717) is 5.75 Å². The van der Waals surface area contributed by atoms with Crippen molar-refractivity contribution < 1.29 is 23.5 Å². The Balaban J connectivity index is 2.39. The van der Waals surface area contributed by atoms with Crippen LogP contribution in [0, 0.1) is 5.82 Å². The minimum Gasteiger partial charge on any atom is -0.484 e. The van der Waals surface area contributed by atoms with E-state index in [1.54, 1.807) is 20.8 Å². The lowest BCUT2D eigenvalue weighted by Gasteiger charge is -2.22. The molecule has 116 valence electrons. The van der Waals surface area contributed by atoms with Crippen molar-refractivity contribution >= 4 is 11.9 Å². The Kier molecular flexibility index (Phi) is 5.69. The average molecular weight is 297 g/mol. The van der Waals surface area contributed by atoms with E-state index in [0.717, 1.165) is 0 Å². The molecule has 1 rings (SSSR count). The summed E-state index contributed by atoms with van der Waals surface area (Å²) in [6.07, 6.45) is 0. The molecule has 0 unspecified atom stereocenters. The van der Waals surface area contributed by atoms with Crippen molar-refractivity contribution in [3.8, 4) is 5.75 Å². The van der Waals surface area contributed by atoms with Crippen LogP contribution in [-0.2, 0) is 14.3 Å². The van der Waals surface area contributed by atoms with E-state index in [1.807, 2.05) is 0 Å². The van der Waals surface area contributed by atoms with E-state index in [-0.39, 0.29) is 12.4 Å². The molecule has 0 saturated heterocycles. The third-order valence-electron chi connectivity index (χ3n) is 2.32. The van der Waals surface area contributed by atoms with E-state index < -0.39 is 23.5 Å². The number of benzene rings is 1. The summed E-state index contributed by atoms with van der Waals surface area (Å²) in [4.78, 5) is 23.3. The summed E-state index contributed by atoms with van der Waals surface area (Å²) in [5.74, 6) is -0.989. The van der Waals surface area contributed by atoms with Crippen LogP contribution in [-0.4, -0.2) is 30.1 Å². The van der Waals surface area contributed by atoms with E-state index >= 15 is 0 Å². The zero-order valence-electron chi connectivity index (χ0n) is 12.6. The zero-order valence-corrected chi connectivity index (χ0v) is 12.6. The van der Waals surface area contributed by atoms with Gasteiger partial charge in [-0.1, -0.05) is 0 Å². The highest BCUT2D eigenvalue weighted by Crippen LogP contribution is 2.11. The Bertz CT molecular complexity index is 493. The Morgan fingerprint density at radius 3 is 2.33 bits per heavy atom. The minimum atomic E-state index is -0.770. The van der Waals surface area contributed by atoms with Gasteiger partial charge < -0.3 is 14.8 Å². The van der Waals surface area contributed by atoms with Gasteiger partial charge in [-0.25, -0.2) is 9.18 Å². The van der Waals surface area contributed by atoms with Crippen molar-refractivity contribution in [3.63, 3.8) is 0 Å². The van der Waals surface area contributed by atoms with Crippen molar-refractivity contribution in [3.05, 3.63) is 30.1 Å². The summed E-state index contributed by atoms with van der Waals surface area (Å²) in [5, 5.41) is 2.47. The number of nitrogens with one attached hydrogen (secondary N) is 1.